The summed E-state index contributed by atoms with van der Waals surface area (Å²) in [5.41, 5.74) is 0.306. The van der Waals surface area contributed by atoms with Crippen molar-refractivity contribution in [1.29, 1.82) is 0 Å². The van der Waals surface area contributed by atoms with Crippen LogP contribution in [0.4, 0.5) is 0 Å². The molecule has 0 aromatic heterocycles. The lowest BCUT2D eigenvalue weighted by molar-refractivity contribution is -0.121. The van der Waals surface area contributed by atoms with Crippen molar-refractivity contribution in [2.24, 2.45) is 5.41 Å². The van der Waals surface area contributed by atoms with Gasteiger partial charge in [-0.3, -0.25) is 9.59 Å². The van der Waals surface area contributed by atoms with Gasteiger partial charge in [0.1, 0.15) is 0 Å². The number of halogens is 3. The highest BCUT2D eigenvalue weighted by atomic mass is 35.5. The van der Waals surface area contributed by atoms with Crippen LogP contribution in [0.5, 0.6) is 0 Å². The molecule has 0 unspecified atom stereocenters. The fourth-order valence-corrected chi connectivity index (χ4v) is 3.18. The molecular formula is C17H24Cl3N3O3. The van der Waals surface area contributed by atoms with Crippen molar-refractivity contribution in [2.45, 2.75) is 12.8 Å². The zero-order chi connectivity index (χ0) is 18.3. The van der Waals surface area contributed by atoms with E-state index in [1.807, 2.05) is 0 Å². The normalized spacial score (nSPS) is 15.7. The van der Waals surface area contributed by atoms with Gasteiger partial charge >= 0.3 is 0 Å². The van der Waals surface area contributed by atoms with Crippen molar-refractivity contribution in [1.82, 2.24) is 16.0 Å². The van der Waals surface area contributed by atoms with Crippen molar-refractivity contribution in [2.75, 3.05) is 39.9 Å². The highest BCUT2D eigenvalue weighted by molar-refractivity contribution is 6.42. The van der Waals surface area contributed by atoms with Gasteiger partial charge in [-0.1, -0.05) is 23.2 Å². The Kier molecular flexibility index (Phi) is 9.68. The lowest BCUT2D eigenvalue weighted by Crippen LogP contribution is -2.48. The molecule has 26 heavy (non-hydrogen) atoms. The molecule has 146 valence electrons. The van der Waals surface area contributed by atoms with Crippen molar-refractivity contribution < 1.29 is 14.3 Å². The van der Waals surface area contributed by atoms with Crippen LogP contribution in [0, 0.1) is 5.41 Å². The quantitative estimate of drug-likeness (QED) is 0.627. The van der Waals surface area contributed by atoms with E-state index in [4.69, 9.17) is 27.9 Å². The van der Waals surface area contributed by atoms with Gasteiger partial charge in [-0.2, -0.15) is 0 Å². The van der Waals surface area contributed by atoms with Crippen LogP contribution in [0.2, 0.25) is 10.0 Å². The van der Waals surface area contributed by atoms with E-state index in [9.17, 15) is 9.59 Å². The highest BCUT2D eigenvalue weighted by Crippen LogP contribution is 2.28. The first-order valence-corrected chi connectivity index (χ1v) is 8.91. The molecule has 3 N–H and O–H groups in total. The standard InChI is InChI=1S/C17H23Cl2N3O3.ClH/c1-25-11-17(4-6-20-7-5-17)10-22-15(23)9-21-16(24)12-2-3-13(18)14(19)8-12;/h2-3,8,20H,4-7,9-11H2,1H3,(H,21,24)(H,22,23);1H. The third-order valence-corrected chi connectivity index (χ3v) is 5.11. The number of ether oxygens (including phenoxy) is 1. The Labute approximate surface area is 169 Å². The molecule has 0 bridgehead atoms. The van der Waals surface area contributed by atoms with Gasteiger partial charge < -0.3 is 20.7 Å². The van der Waals surface area contributed by atoms with Crippen LogP contribution in [0.1, 0.15) is 23.2 Å². The Morgan fingerprint density at radius 3 is 2.50 bits per heavy atom. The SMILES string of the molecule is COCC1(CNC(=O)CNC(=O)c2ccc(Cl)c(Cl)c2)CCNCC1.Cl. The fourth-order valence-electron chi connectivity index (χ4n) is 2.88. The predicted molar refractivity (Wildman–Crippen MR) is 105 cm³/mol. The summed E-state index contributed by atoms with van der Waals surface area (Å²) in [5.74, 6) is -0.607. The maximum absolute atomic E-state index is 12.1. The number of rotatable bonds is 7. The third-order valence-electron chi connectivity index (χ3n) is 4.37. The summed E-state index contributed by atoms with van der Waals surface area (Å²) in [5, 5.41) is 9.46. The van der Waals surface area contributed by atoms with Crippen LogP contribution in [-0.2, 0) is 9.53 Å². The molecule has 1 aromatic rings. The predicted octanol–water partition coefficient (Wildman–Crippen LogP) is 2.28. The van der Waals surface area contributed by atoms with Gasteiger partial charge in [0.2, 0.25) is 5.91 Å². The molecule has 0 radical (unpaired) electrons. The van der Waals surface area contributed by atoms with Gasteiger partial charge in [0, 0.05) is 24.6 Å². The van der Waals surface area contributed by atoms with Gasteiger partial charge in [-0.25, -0.2) is 0 Å². The highest BCUT2D eigenvalue weighted by Gasteiger charge is 2.32. The number of hydrogen-bond donors (Lipinski definition) is 3. The summed E-state index contributed by atoms with van der Waals surface area (Å²) >= 11 is 11.7. The van der Waals surface area contributed by atoms with Gasteiger partial charge in [0.25, 0.3) is 5.91 Å². The third kappa shape index (κ3) is 6.59. The molecule has 9 heteroatoms. The average molecular weight is 425 g/mol. The molecule has 0 atom stereocenters. The van der Waals surface area contributed by atoms with Crippen LogP contribution >= 0.6 is 35.6 Å². The number of carbonyl (C=O) groups is 2. The maximum atomic E-state index is 12.1. The first-order valence-electron chi connectivity index (χ1n) is 8.15. The second kappa shape index (κ2) is 10.9. The molecule has 1 aromatic carbocycles. The van der Waals surface area contributed by atoms with E-state index in [0.29, 0.717) is 28.8 Å². The number of carbonyl (C=O) groups excluding carboxylic acids is 2. The van der Waals surface area contributed by atoms with Crippen molar-refractivity contribution in [3.05, 3.63) is 33.8 Å². The largest absolute Gasteiger partial charge is 0.384 e. The summed E-state index contributed by atoms with van der Waals surface area (Å²) in [6, 6.07) is 4.58. The zero-order valence-electron chi connectivity index (χ0n) is 14.6. The molecule has 2 rings (SSSR count). The second-order valence-corrected chi connectivity index (χ2v) is 7.09. The smallest absolute Gasteiger partial charge is 0.251 e. The van der Waals surface area contributed by atoms with E-state index in [0.717, 1.165) is 25.9 Å². The monoisotopic (exact) mass is 423 g/mol. The van der Waals surface area contributed by atoms with E-state index in [1.54, 1.807) is 19.2 Å². The zero-order valence-corrected chi connectivity index (χ0v) is 16.9. The van der Waals surface area contributed by atoms with E-state index < -0.39 is 0 Å². The molecule has 1 aliphatic heterocycles. The first-order chi connectivity index (χ1) is 12.0. The van der Waals surface area contributed by atoms with Crippen molar-refractivity contribution in [3.63, 3.8) is 0 Å². The minimum absolute atomic E-state index is 0. The minimum atomic E-state index is -0.373. The number of methoxy groups -OCH3 is 1. The summed E-state index contributed by atoms with van der Waals surface area (Å²) in [6.07, 6.45) is 1.88. The van der Waals surface area contributed by atoms with Gasteiger partial charge in [0.15, 0.2) is 0 Å². The summed E-state index contributed by atoms with van der Waals surface area (Å²) in [6.45, 7) is 2.86. The lowest BCUT2D eigenvalue weighted by Gasteiger charge is -2.37. The number of hydrogen-bond acceptors (Lipinski definition) is 4. The van der Waals surface area contributed by atoms with E-state index in [1.165, 1.54) is 6.07 Å². The molecule has 1 heterocycles. The molecule has 0 saturated carbocycles. The second-order valence-electron chi connectivity index (χ2n) is 6.27. The van der Waals surface area contributed by atoms with Crippen molar-refractivity contribution in [3.8, 4) is 0 Å². The van der Waals surface area contributed by atoms with Crippen molar-refractivity contribution >= 4 is 47.4 Å². The summed E-state index contributed by atoms with van der Waals surface area (Å²) in [4.78, 5) is 24.1. The first kappa shape index (κ1) is 23.0. The molecule has 0 spiro atoms. The fraction of sp³-hybridized carbons (Fsp3) is 0.529. The molecular weight excluding hydrogens is 401 g/mol. The molecule has 6 nitrogen and oxygen atoms in total. The van der Waals surface area contributed by atoms with Crippen LogP contribution in [0.15, 0.2) is 18.2 Å². The Bertz CT molecular complexity index is 617. The lowest BCUT2D eigenvalue weighted by atomic mass is 9.79. The van der Waals surface area contributed by atoms with Gasteiger partial charge in [-0.15, -0.1) is 12.4 Å². The van der Waals surface area contributed by atoms with E-state index >= 15 is 0 Å². The van der Waals surface area contributed by atoms with E-state index in [2.05, 4.69) is 16.0 Å². The van der Waals surface area contributed by atoms with E-state index in [-0.39, 0.29) is 36.2 Å². The molecule has 1 aliphatic rings. The number of nitrogens with one attached hydrogen (secondary N) is 3. The Morgan fingerprint density at radius 2 is 1.88 bits per heavy atom. The van der Waals surface area contributed by atoms with Crippen LogP contribution in [-0.4, -0.2) is 51.7 Å². The molecule has 1 fully saturated rings. The maximum Gasteiger partial charge on any atom is 0.251 e. The Morgan fingerprint density at radius 1 is 1.19 bits per heavy atom. The average Bonchev–Trinajstić information content (AvgIpc) is 2.61. The number of amides is 2. The Balaban J connectivity index is 0.00000338. The number of piperidine rings is 1. The molecule has 1 saturated heterocycles. The minimum Gasteiger partial charge on any atom is -0.384 e. The molecule has 0 aliphatic carbocycles. The Hall–Kier alpha value is -1.05. The summed E-state index contributed by atoms with van der Waals surface area (Å²) < 4.78 is 5.32. The van der Waals surface area contributed by atoms with Crippen LogP contribution in [0.25, 0.3) is 0 Å². The van der Waals surface area contributed by atoms with Gasteiger partial charge in [-0.05, 0) is 44.1 Å². The topological polar surface area (TPSA) is 79.5 Å². The molecule has 2 amide bonds. The van der Waals surface area contributed by atoms with Gasteiger partial charge in [0.05, 0.1) is 23.2 Å². The van der Waals surface area contributed by atoms with Crippen LogP contribution < -0.4 is 16.0 Å². The number of benzene rings is 1. The van der Waals surface area contributed by atoms with Crippen LogP contribution in [0.3, 0.4) is 0 Å². The summed E-state index contributed by atoms with van der Waals surface area (Å²) in [7, 11) is 1.67.